The first-order valence-electron chi connectivity index (χ1n) is 11.2. The molecule has 0 saturated carbocycles. The fourth-order valence-corrected chi connectivity index (χ4v) is 3.71. The highest BCUT2D eigenvalue weighted by Crippen LogP contribution is 2.12. The minimum Gasteiger partial charge on any atom is -0.508 e. The molecule has 0 fully saturated rings. The zero-order valence-electron chi connectivity index (χ0n) is 20.1. The van der Waals surface area contributed by atoms with Gasteiger partial charge in [0.25, 0.3) is 0 Å². The van der Waals surface area contributed by atoms with Crippen LogP contribution >= 0.6 is 11.8 Å². The van der Waals surface area contributed by atoms with Crippen LogP contribution in [0.3, 0.4) is 0 Å². The Kier molecular flexibility index (Phi) is 11.2. The largest absolute Gasteiger partial charge is 0.508 e. The molecule has 4 atom stereocenters. The molecule has 12 nitrogen and oxygen atoms in total. The number of carbonyl (C=O) groups is 4. The second-order valence-corrected chi connectivity index (χ2v) is 9.22. The molecule has 1 heterocycles. The van der Waals surface area contributed by atoms with Crippen LogP contribution in [0.25, 0.3) is 0 Å². The Labute approximate surface area is 212 Å². The van der Waals surface area contributed by atoms with Gasteiger partial charge in [0, 0.05) is 24.7 Å². The van der Waals surface area contributed by atoms with Crippen LogP contribution in [-0.4, -0.2) is 80.0 Å². The molecule has 0 aliphatic rings. The number of amides is 3. The number of nitrogens with one attached hydrogen (secondary N) is 4. The Balaban J connectivity index is 2.12. The molecule has 4 unspecified atom stereocenters. The van der Waals surface area contributed by atoms with Crippen molar-refractivity contribution >= 4 is 35.5 Å². The summed E-state index contributed by atoms with van der Waals surface area (Å²) < 4.78 is 0. The summed E-state index contributed by atoms with van der Waals surface area (Å²) in [5.74, 6) is -2.39. The summed E-state index contributed by atoms with van der Waals surface area (Å²) in [4.78, 5) is 56.6. The Morgan fingerprint density at radius 2 is 1.69 bits per heavy atom. The molecule has 1 aromatic heterocycles. The van der Waals surface area contributed by atoms with Gasteiger partial charge in [0.1, 0.15) is 23.9 Å². The third-order valence-electron chi connectivity index (χ3n) is 5.32. The summed E-state index contributed by atoms with van der Waals surface area (Å²) in [6.45, 7) is 1.46. The highest BCUT2D eigenvalue weighted by atomic mass is 32.2. The number of aliphatic carboxylic acids is 1. The van der Waals surface area contributed by atoms with Crippen LogP contribution in [0.2, 0.25) is 0 Å². The van der Waals surface area contributed by atoms with Crippen molar-refractivity contribution in [2.75, 3.05) is 12.0 Å². The Morgan fingerprint density at radius 3 is 2.28 bits per heavy atom. The van der Waals surface area contributed by atoms with Gasteiger partial charge < -0.3 is 36.9 Å². The lowest BCUT2D eigenvalue weighted by molar-refractivity contribution is -0.142. The molecule has 13 heteroatoms. The Bertz CT molecular complexity index is 1020. The van der Waals surface area contributed by atoms with Gasteiger partial charge in [-0.05, 0) is 43.0 Å². The number of rotatable bonds is 14. The van der Waals surface area contributed by atoms with Crippen LogP contribution in [-0.2, 0) is 32.0 Å². The summed E-state index contributed by atoms with van der Waals surface area (Å²) in [5.41, 5.74) is 6.98. The zero-order valence-corrected chi connectivity index (χ0v) is 20.9. The number of aromatic amines is 1. The smallest absolute Gasteiger partial charge is 0.326 e. The molecule has 2 aromatic rings. The van der Waals surface area contributed by atoms with E-state index in [9.17, 15) is 29.4 Å². The van der Waals surface area contributed by atoms with Crippen LogP contribution < -0.4 is 21.7 Å². The molecular formula is C23H32N6O6S. The minimum absolute atomic E-state index is 0.0160. The molecular weight excluding hydrogens is 488 g/mol. The maximum absolute atomic E-state index is 13.1. The van der Waals surface area contributed by atoms with E-state index in [1.54, 1.807) is 23.9 Å². The van der Waals surface area contributed by atoms with Gasteiger partial charge in [0.05, 0.1) is 12.4 Å². The number of benzene rings is 1. The predicted octanol–water partition coefficient (Wildman–Crippen LogP) is -0.460. The van der Waals surface area contributed by atoms with Gasteiger partial charge in [-0.3, -0.25) is 14.4 Å². The molecule has 8 N–H and O–H groups in total. The van der Waals surface area contributed by atoms with E-state index in [0.717, 1.165) is 0 Å². The maximum Gasteiger partial charge on any atom is 0.326 e. The summed E-state index contributed by atoms with van der Waals surface area (Å²) in [6.07, 6.45) is 5.16. The molecule has 0 radical (unpaired) electrons. The number of aromatic nitrogens is 2. The zero-order chi connectivity index (χ0) is 26.7. The average Bonchev–Trinajstić information content (AvgIpc) is 3.35. The summed E-state index contributed by atoms with van der Waals surface area (Å²) >= 11 is 1.55. The van der Waals surface area contributed by atoms with E-state index in [4.69, 9.17) is 5.73 Å². The third kappa shape index (κ3) is 9.23. The van der Waals surface area contributed by atoms with Crippen molar-refractivity contribution in [3.05, 3.63) is 48.0 Å². The molecule has 3 amide bonds. The minimum atomic E-state index is -1.27. The van der Waals surface area contributed by atoms with Crippen LogP contribution in [0.4, 0.5) is 0 Å². The highest BCUT2D eigenvalue weighted by molar-refractivity contribution is 7.98. The summed E-state index contributed by atoms with van der Waals surface area (Å²) in [5, 5.41) is 26.7. The van der Waals surface area contributed by atoms with Crippen molar-refractivity contribution in [3.63, 3.8) is 0 Å². The first-order valence-corrected chi connectivity index (χ1v) is 12.6. The monoisotopic (exact) mass is 520 g/mol. The predicted molar refractivity (Wildman–Crippen MR) is 134 cm³/mol. The number of carboxylic acid groups (broad SMARTS) is 1. The molecule has 196 valence electrons. The summed E-state index contributed by atoms with van der Waals surface area (Å²) in [7, 11) is 0. The van der Waals surface area contributed by atoms with E-state index in [0.29, 0.717) is 23.4 Å². The number of phenolic OH excluding ortho intramolecular Hbond substituents is 1. The van der Waals surface area contributed by atoms with Crippen molar-refractivity contribution in [1.82, 2.24) is 25.9 Å². The topological polar surface area (TPSA) is 200 Å². The van der Waals surface area contributed by atoms with Crippen molar-refractivity contribution < 1.29 is 29.4 Å². The first-order chi connectivity index (χ1) is 17.1. The van der Waals surface area contributed by atoms with Gasteiger partial charge in [-0.15, -0.1) is 0 Å². The van der Waals surface area contributed by atoms with Crippen LogP contribution in [0.1, 0.15) is 24.6 Å². The lowest BCUT2D eigenvalue weighted by Crippen LogP contribution is -2.57. The number of nitrogens with two attached hydrogens (primary N) is 1. The number of imidazole rings is 1. The maximum atomic E-state index is 13.1. The molecule has 0 aliphatic carbocycles. The SMILES string of the molecule is CSCCC(N)C(=O)NC(C)C(=O)NC(Cc1ccc(O)cc1)C(=O)NC(Cc1cnc[nH]1)C(=O)O. The van der Waals surface area contributed by atoms with Crippen molar-refractivity contribution in [2.24, 2.45) is 5.73 Å². The first kappa shape index (κ1) is 28.7. The van der Waals surface area contributed by atoms with Gasteiger partial charge in [-0.2, -0.15) is 11.8 Å². The van der Waals surface area contributed by atoms with Crippen LogP contribution in [0.15, 0.2) is 36.8 Å². The van der Waals surface area contributed by atoms with Crippen LogP contribution in [0.5, 0.6) is 5.75 Å². The van der Waals surface area contributed by atoms with Gasteiger partial charge in [0.2, 0.25) is 17.7 Å². The number of carboxylic acids is 1. The third-order valence-corrected chi connectivity index (χ3v) is 5.97. The van der Waals surface area contributed by atoms with E-state index in [2.05, 4.69) is 25.9 Å². The number of hydrogen-bond acceptors (Lipinski definition) is 8. The van der Waals surface area contributed by atoms with E-state index in [1.165, 1.54) is 31.6 Å². The number of carbonyl (C=O) groups excluding carboxylic acids is 3. The standard InChI is InChI=1S/C23H32N6O6S/c1-13(27-21(32)17(24)7-8-36-2)20(31)28-18(9-14-3-5-16(30)6-4-14)22(33)29-19(23(34)35)10-15-11-25-12-26-15/h3-6,11-13,17-19,30H,7-10,24H2,1-2H3,(H,25,26)(H,27,32)(H,28,31)(H,29,33)(H,34,35). The fraction of sp³-hybridized carbons (Fsp3) is 0.435. The van der Waals surface area contributed by atoms with E-state index >= 15 is 0 Å². The van der Waals surface area contributed by atoms with Crippen molar-refractivity contribution in [1.29, 1.82) is 0 Å². The number of H-pyrrole nitrogens is 1. The van der Waals surface area contributed by atoms with E-state index < -0.39 is 47.9 Å². The molecule has 1 aromatic carbocycles. The van der Waals surface area contributed by atoms with Crippen LogP contribution in [0, 0.1) is 0 Å². The number of nitrogens with zero attached hydrogens (tertiary/aromatic N) is 1. The van der Waals surface area contributed by atoms with E-state index in [-0.39, 0.29) is 18.6 Å². The molecule has 0 spiro atoms. The second kappa shape index (κ2) is 14.1. The number of aromatic hydroxyl groups is 1. The lowest BCUT2D eigenvalue weighted by atomic mass is 10.0. The van der Waals surface area contributed by atoms with Gasteiger partial charge in [-0.25, -0.2) is 9.78 Å². The molecule has 36 heavy (non-hydrogen) atoms. The second-order valence-electron chi connectivity index (χ2n) is 8.23. The fourth-order valence-electron chi connectivity index (χ4n) is 3.22. The normalized spacial score (nSPS) is 14.2. The molecule has 0 saturated heterocycles. The quantitative estimate of drug-likeness (QED) is 0.172. The van der Waals surface area contributed by atoms with Gasteiger partial charge in [-0.1, -0.05) is 12.1 Å². The molecule has 0 bridgehead atoms. The molecule has 2 rings (SSSR count). The van der Waals surface area contributed by atoms with Gasteiger partial charge >= 0.3 is 5.97 Å². The number of hydrogen-bond donors (Lipinski definition) is 7. The van der Waals surface area contributed by atoms with Crippen molar-refractivity contribution in [2.45, 2.75) is 50.4 Å². The highest BCUT2D eigenvalue weighted by Gasteiger charge is 2.29. The lowest BCUT2D eigenvalue weighted by Gasteiger charge is -2.24. The van der Waals surface area contributed by atoms with Crippen molar-refractivity contribution in [3.8, 4) is 5.75 Å². The average molecular weight is 521 g/mol. The molecule has 0 aliphatic heterocycles. The number of phenols is 1. The Hall–Kier alpha value is -3.58. The van der Waals surface area contributed by atoms with E-state index in [1.807, 2.05) is 6.26 Å². The summed E-state index contributed by atoms with van der Waals surface area (Å²) in [6, 6.07) is 1.83. The Morgan fingerprint density at radius 1 is 1.03 bits per heavy atom. The van der Waals surface area contributed by atoms with Gasteiger partial charge in [0.15, 0.2) is 0 Å². The number of thioether (sulfide) groups is 1.